The summed E-state index contributed by atoms with van der Waals surface area (Å²) in [5.74, 6) is 0.174. The van der Waals surface area contributed by atoms with Crippen LogP contribution in [0.5, 0.6) is 0 Å². The van der Waals surface area contributed by atoms with Crippen molar-refractivity contribution >= 4 is 15.8 Å². The molecule has 0 amide bonds. The second-order valence-electron chi connectivity index (χ2n) is 8.78. The number of carbonyl (C=O) groups is 1. The summed E-state index contributed by atoms with van der Waals surface area (Å²) in [4.78, 5) is 15.8. The molecule has 30 heavy (non-hydrogen) atoms. The second kappa shape index (κ2) is 8.29. The van der Waals surface area contributed by atoms with E-state index in [1.54, 1.807) is 12.1 Å². The first-order valence-electron chi connectivity index (χ1n) is 10.9. The molecule has 1 aromatic heterocycles. The summed E-state index contributed by atoms with van der Waals surface area (Å²) >= 11 is 0. The summed E-state index contributed by atoms with van der Waals surface area (Å²) in [6.45, 7) is 4.41. The second-order valence-corrected chi connectivity index (χ2v) is 10.3. The molecule has 2 N–H and O–H groups in total. The van der Waals surface area contributed by atoms with E-state index < -0.39 is 10.0 Å². The Morgan fingerprint density at radius 2 is 1.63 bits per heavy atom. The van der Waals surface area contributed by atoms with Gasteiger partial charge in [0.2, 0.25) is 10.0 Å². The molecule has 0 spiro atoms. The van der Waals surface area contributed by atoms with Gasteiger partial charge in [0.05, 0.1) is 11.4 Å². The van der Waals surface area contributed by atoms with Crippen molar-refractivity contribution < 1.29 is 13.2 Å². The zero-order chi connectivity index (χ0) is 21.5. The maximum Gasteiger partial charge on any atom is 0.238 e. The number of rotatable bonds is 7. The number of nitrogens with two attached hydrogens (primary N) is 1. The Bertz CT molecular complexity index is 1030. The molecule has 4 rings (SSSR count). The van der Waals surface area contributed by atoms with Gasteiger partial charge < -0.3 is 4.57 Å². The van der Waals surface area contributed by atoms with Gasteiger partial charge in [-0.1, -0.05) is 19.3 Å². The van der Waals surface area contributed by atoms with Gasteiger partial charge in [0, 0.05) is 34.7 Å². The number of ketones is 1. The van der Waals surface area contributed by atoms with Gasteiger partial charge >= 0.3 is 0 Å². The number of Topliss-reactive ketones (excluding diaryl/α,β-unsaturated/α-hetero) is 1. The molecule has 7 heteroatoms. The van der Waals surface area contributed by atoms with E-state index in [0.717, 1.165) is 22.6 Å². The molecule has 2 aliphatic rings. The number of sulfonamides is 1. The summed E-state index contributed by atoms with van der Waals surface area (Å²) in [6, 6.07) is 9.54. The molecule has 6 nitrogen and oxygen atoms in total. The topological polar surface area (TPSA) is 85.4 Å². The molecule has 0 radical (unpaired) electrons. The highest BCUT2D eigenvalue weighted by atomic mass is 32.2. The van der Waals surface area contributed by atoms with Gasteiger partial charge in [-0.2, -0.15) is 0 Å². The number of hydrogen-bond acceptors (Lipinski definition) is 4. The lowest BCUT2D eigenvalue weighted by molar-refractivity contribution is 0.0842. The lowest BCUT2D eigenvalue weighted by atomic mass is 9.93. The predicted octanol–water partition coefficient (Wildman–Crippen LogP) is 3.72. The van der Waals surface area contributed by atoms with Crippen molar-refractivity contribution in [2.24, 2.45) is 5.14 Å². The first kappa shape index (κ1) is 21.3. The monoisotopic (exact) mass is 429 g/mol. The number of benzene rings is 1. The number of primary sulfonamides is 1. The van der Waals surface area contributed by atoms with E-state index in [1.807, 2.05) is 24.5 Å². The van der Waals surface area contributed by atoms with Gasteiger partial charge in [-0.3, -0.25) is 9.69 Å². The normalized spacial score (nSPS) is 18.1. The maximum atomic E-state index is 13.3. The van der Waals surface area contributed by atoms with Crippen molar-refractivity contribution in [3.63, 3.8) is 0 Å². The third kappa shape index (κ3) is 4.38. The lowest BCUT2D eigenvalue weighted by Gasteiger charge is -2.34. The Labute approximate surface area is 179 Å². The molecule has 1 heterocycles. The van der Waals surface area contributed by atoms with E-state index in [-0.39, 0.29) is 10.7 Å². The highest BCUT2D eigenvalue weighted by molar-refractivity contribution is 7.89. The fourth-order valence-corrected chi connectivity index (χ4v) is 5.37. The van der Waals surface area contributed by atoms with Crippen molar-refractivity contribution in [1.82, 2.24) is 9.47 Å². The molecule has 2 aliphatic carbocycles. The van der Waals surface area contributed by atoms with Gasteiger partial charge in [0.25, 0.3) is 0 Å². The SMILES string of the molecule is Cc1cc(C(=O)CN(C2CCCCC2)C2CC2)c(C)n1-c1ccc(S(N)(=O)=O)cc1. The molecule has 1 aromatic carbocycles. The van der Waals surface area contributed by atoms with Crippen molar-refractivity contribution in [1.29, 1.82) is 0 Å². The molecule has 0 bridgehead atoms. The molecule has 0 unspecified atom stereocenters. The fraction of sp³-hybridized carbons (Fsp3) is 0.522. The molecule has 0 aliphatic heterocycles. The van der Waals surface area contributed by atoms with Gasteiger partial charge in [-0.15, -0.1) is 0 Å². The average Bonchev–Trinajstić information content (AvgIpc) is 3.51. The summed E-state index contributed by atoms with van der Waals surface area (Å²) in [7, 11) is -3.73. The van der Waals surface area contributed by atoms with E-state index in [2.05, 4.69) is 4.90 Å². The lowest BCUT2D eigenvalue weighted by Crippen LogP contribution is -2.41. The van der Waals surface area contributed by atoms with Crippen LogP contribution in [0.15, 0.2) is 35.2 Å². The zero-order valence-corrected chi connectivity index (χ0v) is 18.6. The Kier molecular flexibility index (Phi) is 5.88. The number of aromatic nitrogens is 1. The van der Waals surface area contributed by atoms with Crippen molar-refractivity contribution in [2.75, 3.05) is 6.54 Å². The number of aryl methyl sites for hydroxylation is 1. The van der Waals surface area contributed by atoms with Crippen LogP contribution in [0.2, 0.25) is 0 Å². The average molecular weight is 430 g/mol. The molecule has 2 aromatic rings. The first-order valence-corrected chi connectivity index (χ1v) is 12.4. The van der Waals surface area contributed by atoms with Crippen LogP contribution >= 0.6 is 0 Å². The van der Waals surface area contributed by atoms with Crippen molar-refractivity contribution in [2.45, 2.75) is 75.8 Å². The summed E-state index contributed by atoms with van der Waals surface area (Å²) in [6.07, 6.45) is 8.68. The van der Waals surface area contributed by atoms with Crippen LogP contribution in [0.4, 0.5) is 0 Å². The van der Waals surface area contributed by atoms with E-state index >= 15 is 0 Å². The Morgan fingerprint density at radius 1 is 1.03 bits per heavy atom. The largest absolute Gasteiger partial charge is 0.318 e. The van der Waals surface area contributed by atoms with Crippen LogP contribution in [0.1, 0.15) is 66.7 Å². The van der Waals surface area contributed by atoms with E-state index in [0.29, 0.717) is 18.6 Å². The zero-order valence-electron chi connectivity index (χ0n) is 17.8. The third-order valence-corrected chi connectivity index (χ3v) is 7.47. The fourth-order valence-electron chi connectivity index (χ4n) is 4.85. The molecular formula is C23H31N3O3S. The number of carbonyl (C=O) groups excluding carboxylic acids is 1. The minimum absolute atomic E-state index is 0.0811. The minimum Gasteiger partial charge on any atom is -0.318 e. The van der Waals surface area contributed by atoms with Crippen LogP contribution in [-0.2, 0) is 10.0 Å². The van der Waals surface area contributed by atoms with Crippen LogP contribution in [0, 0.1) is 13.8 Å². The van der Waals surface area contributed by atoms with E-state index in [4.69, 9.17) is 5.14 Å². The molecular weight excluding hydrogens is 398 g/mol. The minimum atomic E-state index is -3.73. The van der Waals surface area contributed by atoms with Crippen LogP contribution in [0.3, 0.4) is 0 Å². The molecule has 2 fully saturated rings. The summed E-state index contributed by atoms with van der Waals surface area (Å²) in [5.41, 5.74) is 3.42. The first-order chi connectivity index (χ1) is 14.3. The molecule has 0 saturated heterocycles. The van der Waals surface area contributed by atoms with Gasteiger partial charge in [-0.05, 0) is 69.9 Å². The third-order valence-electron chi connectivity index (χ3n) is 6.54. The number of hydrogen-bond donors (Lipinski definition) is 1. The Morgan fingerprint density at radius 3 is 2.20 bits per heavy atom. The van der Waals surface area contributed by atoms with Gasteiger partial charge in [0.15, 0.2) is 5.78 Å². The highest BCUT2D eigenvalue weighted by Crippen LogP contribution is 2.34. The summed E-state index contributed by atoms with van der Waals surface area (Å²) < 4.78 is 25.0. The van der Waals surface area contributed by atoms with Crippen LogP contribution < -0.4 is 5.14 Å². The van der Waals surface area contributed by atoms with Crippen LogP contribution in [-0.4, -0.2) is 42.3 Å². The van der Waals surface area contributed by atoms with Gasteiger partial charge in [-0.25, -0.2) is 13.6 Å². The van der Waals surface area contributed by atoms with Crippen molar-refractivity contribution in [3.8, 4) is 5.69 Å². The molecule has 0 atom stereocenters. The molecule has 2 saturated carbocycles. The quantitative estimate of drug-likeness (QED) is 0.680. The molecule has 162 valence electrons. The standard InChI is InChI=1S/C23H31N3O3S/c1-16-14-22(17(2)26(16)20-10-12-21(13-11-20)30(24,28)29)23(27)15-25(19-8-9-19)18-6-4-3-5-7-18/h10-14,18-19H,3-9,15H2,1-2H3,(H2,24,28,29). The van der Waals surface area contributed by atoms with E-state index in [1.165, 1.54) is 57.1 Å². The highest BCUT2D eigenvalue weighted by Gasteiger charge is 2.36. The Balaban J connectivity index is 1.57. The van der Waals surface area contributed by atoms with Gasteiger partial charge in [0.1, 0.15) is 0 Å². The van der Waals surface area contributed by atoms with Crippen molar-refractivity contribution in [3.05, 3.63) is 47.3 Å². The Hall–Kier alpha value is -1.96. The van der Waals surface area contributed by atoms with Crippen LogP contribution in [0.25, 0.3) is 5.69 Å². The smallest absolute Gasteiger partial charge is 0.238 e. The maximum absolute atomic E-state index is 13.3. The summed E-state index contributed by atoms with van der Waals surface area (Å²) in [5, 5.41) is 5.20. The predicted molar refractivity (Wildman–Crippen MR) is 118 cm³/mol. The van der Waals surface area contributed by atoms with E-state index in [9.17, 15) is 13.2 Å². The number of nitrogens with zero attached hydrogens (tertiary/aromatic N) is 2.